The van der Waals surface area contributed by atoms with Gasteiger partial charge in [0, 0.05) is 6.54 Å². The molecule has 0 aliphatic rings. The second-order valence-electron chi connectivity index (χ2n) is 8.64. The Morgan fingerprint density at radius 3 is 2.44 bits per heavy atom. The van der Waals surface area contributed by atoms with E-state index in [-0.39, 0.29) is 29.8 Å². The zero-order valence-corrected chi connectivity index (χ0v) is 21.1. The van der Waals surface area contributed by atoms with Crippen LogP contribution in [0.1, 0.15) is 66.9 Å². The number of aromatic nitrogens is 1. The smallest absolute Gasteiger partial charge is 0.273 e. The van der Waals surface area contributed by atoms with Gasteiger partial charge in [-0.25, -0.2) is 4.98 Å². The summed E-state index contributed by atoms with van der Waals surface area (Å²) in [6.45, 7) is 7.30. The second-order valence-corrected chi connectivity index (χ2v) is 8.64. The van der Waals surface area contributed by atoms with Crippen LogP contribution in [0.2, 0.25) is 0 Å². The van der Waals surface area contributed by atoms with Gasteiger partial charge in [-0.2, -0.15) is 0 Å². The van der Waals surface area contributed by atoms with E-state index in [1.807, 2.05) is 13.1 Å². The van der Waals surface area contributed by atoms with E-state index in [0.717, 1.165) is 24.9 Å². The zero-order valence-electron chi connectivity index (χ0n) is 21.1. The Hall–Kier alpha value is -3.07. The Kier molecular flexibility index (Phi) is 10.9. The highest BCUT2D eigenvalue weighted by Gasteiger charge is 2.25. The van der Waals surface area contributed by atoms with Gasteiger partial charge in [0.15, 0.2) is 17.2 Å². The number of hydrogen-bond acceptors (Lipinski definition) is 7. The SMILES string of the molecule is CNCCCCNC(=O)c1nc([C@H](CC(C)C)NC(=O)Cc2ccc(OC)c(OC)c2)oc1C. The van der Waals surface area contributed by atoms with Gasteiger partial charge in [0.1, 0.15) is 11.8 Å². The average molecular weight is 475 g/mol. The van der Waals surface area contributed by atoms with Crippen molar-refractivity contribution in [2.24, 2.45) is 5.92 Å². The summed E-state index contributed by atoms with van der Waals surface area (Å²) in [4.78, 5) is 29.9. The first kappa shape index (κ1) is 27.2. The number of methoxy groups -OCH3 is 2. The Morgan fingerprint density at radius 2 is 1.79 bits per heavy atom. The van der Waals surface area contributed by atoms with Gasteiger partial charge in [-0.05, 0) is 63.4 Å². The number of carbonyl (C=O) groups is 2. The largest absolute Gasteiger partial charge is 0.493 e. The number of unbranched alkanes of at least 4 members (excludes halogenated alkanes) is 1. The fraction of sp³-hybridized carbons (Fsp3) is 0.560. The molecule has 9 nitrogen and oxygen atoms in total. The summed E-state index contributed by atoms with van der Waals surface area (Å²) in [5.74, 6) is 1.78. The molecule has 1 atom stereocenters. The fourth-order valence-corrected chi connectivity index (χ4v) is 3.60. The molecule has 0 saturated carbocycles. The molecule has 9 heteroatoms. The molecular weight excluding hydrogens is 436 g/mol. The van der Waals surface area contributed by atoms with Crippen LogP contribution in [-0.4, -0.2) is 51.2 Å². The summed E-state index contributed by atoms with van der Waals surface area (Å²) in [6, 6.07) is 4.94. The maximum absolute atomic E-state index is 12.8. The summed E-state index contributed by atoms with van der Waals surface area (Å²) in [7, 11) is 5.03. The third-order valence-electron chi connectivity index (χ3n) is 5.32. The van der Waals surface area contributed by atoms with Crippen molar-refractivity contribution >= 4 is 11.8 Å². The van der Waals surface area contributed by atoms with E-state index in [1.54, 1.807) is 33.3 Å². The number of rotatable bonds is 14. The molecule has 2 aromatic rings. The van der Waals surface area contributed by atoms with E-state index >= 15 is 0 Å². The number of benzene rings is 1. The molecule has 1 heterocycles. The lowest BCUT2D eigenvalue weighted by molar-refractivity contribution is -0.121. The molecule has 2 amide bonds. The lowest BCUT2D eigenvalue weighted by Crippen LogP contribution is -2.31. The molecule has 0 bridgehead atoms. The van der Waals surface area contributed by atoms with E-state index in [1.165, 1.54) is 0 Å². The van der Waals surface area contributed by atoms with Gasteiger partial charge in [0.05, 0.1) is 20.6 Å². The maximum atomic E-state index is 12.8. The first-order valence-corrected chi connectivity index (χ1v) is 11.7. The predicted octanol–water partition coefficient (Wildman–Crippen LogP) is 3.18. The van der Waals surface area contributed by atoms with Gasteiger partial charge in [0.2, 0.25) is 11.8 Å². The molecule has 0 unspecified atom stereocenters. The number of nitrogens with one attached hydrogen (secondary N) is 3. The van der Waals surface area contributed by atoms with E-state index in [0.29, 0.717) is 36.1 Å². The monoisotopic (exact) mass is 474 g/mol. The Bertz CT molecular complexity index is 941. The number of amides is 2. The van der Waals surface area contributed by atoms with Crippen molar-refractivity contribution in [3.63, 3.8) is 0 Å². The van der Waals surface area contributed by atoms with E-state index < -0.39 is 6.04 Å². The van der Waals surface area contributed by atoms with Crippen molar-refractivity contribution in [1.82, 2.24) is 20.9 Å². The number of hydrogen-bond donors (Lipinski definition) is 3. The fourth-order valence-electron chi connectivity index (χ4n) is 3.60. The van der Waals surface area contributed by atoms with Gasteiger partial charge in [-0.15, -0.1) is 0 Å². The summed E-state index contributed by atoms with van der Waals surface area (Å²) in [6.07, 6.45) is 2.64. The Labute approximate surface area is 202 Å². The summed E-state index contributed by atoms with van der Waals surface area (Å²) in [5, 5.41) is 8.99. The molecule has 0 spiro atoms. The Morgan fingerprint density at radius 1 is 1.09 bits per heavy atom. The quantitative estimate of drug-likeness (QED) is 0.360. The lowest BCUT2D eigenvalue weighted by Gasteiger charge is -2.18. The van der Waals surface area contributed by atoms with Crippen LogP contribution >= 0.6 is 0 Å². The molecule has 1 aromatic carbocycles. The van der Waals surface area contributed by atoms with Crippen molar-refractivity contribution < 1.29 is 23.5 Å². The molecule has 0 saturated heterocycles. The van der Waals surface area contributed by atoms with Crippen LogP contribution in [0.4, 0.5) is 0 Å². The molecule has 34 heavy (non-hydrogen) atoms. The van der Waals surface area contributed by atoms with Crippen molar-refractivity contribution in [3.8, 4) is 11.5 Å². The van der Waals surface area contributed by atoms with Crippen LogP contribution in [-0.2, 0) is 11.2 Å². The number of oxazole rings is 1. The molecule has 0 fully saturated rings. The van der Waals surface area contributed by atoms with Crippen LogP contribution < -0.4 is 25.4 Å². The normalized spacial score (nSPS) is 11.9. The molecule has 188 valence electrons. The van der Waals surface area contributed by atoms with Gasteiger partial charge < -0.3 is 29.8 Å². The zero-order chi connectivity index (χ0) is 25.1. The van der Waals surface area contributed by atoms with Crippen LogP contribution in [0, 0.1) is 12.8 Å². The maximum Gasteiger partial charge on any atom is 0.273 e. The van der Waals surface area contributed by atoms with Gasteiger partial charge in [-0.1, -0.05) is 19.9 Å². The minimum atomic E-state index is -0.441. The van der Waals surface area contributed by atoms with Crippen LogP contribution in [0.5, 0.6) is 11.5 Å². The highest BCUT2D eigenvalue weighted by molar-refractivity contribution is 5.93. The third kappa shape index (κ3) is 8.06. The molecule has 0 radical (unpaired) electrons. The summed E-state index contributed by atoms with van der Waals surface area (Å²) < 4.78 is 16.4. The van der Waals surface area contributed by atoms with Crippen LogP contribution in [0.15, 0.2) is 22.6 Å². The third-order valence-corrected chi connectivity index (χ3v) is 5.32. The molecule has 3 N–H and O–H groups in total. The number of nitrogens with zero attached hydrogens (tertiary/aromatic N) is 1. The predicted molar refractivity (Wildman–Crippen MR) is 130 cm³/mol. The highest BCUT2D eigenvalue weighted by Crippen LogP contribution is 2.28. The first-order chi connectivity index (χ1) is 16.3. The Balaban J connectivity index is 2.08. The topological polar surface area (TPSA) is 115 Å². The second kappa shape index (κ2) is 13.6. The number of carbonyl (C=O) groups excluding carboxylic acids is 2. The first-order valence-electron chi connectivity index (χ1n) is 11.7. The van der Waals surface area contributed by atoms with Crippen molar-refractivity contribution in [2.45, 2.75) is 52.5 Å². The molecule has 0 aliphatic carbocycles. The average Bonchev–Trinajstić information content (AvgIpc) is 3.19. The standard InChI is InChI=1S/C25H38N4O5/c1-16(2)13-19(28-22(30)15-18-9-10-20(32-5)21(14-18)33-6)25-29-23(17(3)34-25)24(31)27-12-8-7-11-26-4/h9-10,14,16,19,26H,7-8,11-13,15H2,1-6H3,(H,27,31)(H,28,30)/t19-/m0/s1. The van der Waals surface area contributed by atoms with E-state index in [2.05, 4.69) is 34.8 Å². The molecule has 2 rings (SSSR count). The molecule has 1 aromatic heterocycles. The van der Waals surface area contributed by atoms with E-state index in [4.69, 9.17) is 13.9 Å². The minimum absolute atomic E-state index is 0.161. The summed E-state index contributed by atoms with van der Waals surface area (Å²) >= 11 is 0. The van der Waals surface area contributed by atoms with Crippen molar-refractivity contribution in [1.29, 1.82) is 0 Å². The van der Waals surface area contributed by atoms with E-state index in [9.17, 15) is 9.59 Å². The van der Waals surface area contributed by atoms with Crippen molar-refractivity contribution in [3.05, 3.63) is 41.1 Å². The lowest BCUT2D eigenvalue weighted by atomic mass is 10.0. The highest BCUT2D eigenvalue weighted by atomic mass is 16.5. The van der Waals surface area contributed by atoms with Crippen molar-refractivity contribution in [2.75, 3.05) is 34.4 Å². The van der Waals surface area contributed by atoms with Gasteiger partial charge in [-0.3, -0.25) is 9.59 Å². The number of ether oxygens (including phenoxy) is 2. The van der Waals surface area contributed by atoms with Crippen LogP contribution in [0.25, 0.3) is 0 Å². The van der Waals surface area contributed by atoms with Gasteiger partial charge >= 0.3 is 0 Å². The number of aryl methyl sites for hydroxylation is 1. The summed E-state index contributed by atoms with van der Waals surface area (Å²) in [5.41, 5.74) is 1.05. The molecular formula is C25H38N4O5. The minimum Gasteiger partial charge on any atom is -0.493 e. The van der Waals surface area contributed by atoms with Crippen LogP contribution in [0.3, 0.4) is 0 Å². The van der Waals surface area contributed by atoms with Gasteiger partial charge in [0.25, 0.3) is 5.91 Å². The molecule has 0 aliphatic heterocycles.